The SMILES string of the molecule is Cc1ccc(C=C2SC(=O)N(CCNC(=O)c3ccc(Cl)c([N+](=O)[O-])c3)C2=O)cc1. The third kappa shape index (κ3) is 4.87. The highest BCUT2D eigenvalue weighted by Gasteiger charge is 2.34. The van der Waals surface area contributed by atoms with Crippen LogP contribution in [-0.2, 0) is 4.79 Å². The van der Waals surface area contributed by atoms with Gasteiger partial charge in [-0.1, -0.05) is 41.4 Å². The van der Waals surface area contributed by atoms with Gasteiger partial charge in [0.05, 0.1) is 9.83 Å². The number of nitro groups is 1. The van der Waals surface area contributed by atoms with E-state index in [1.807, 2.05) is 31.2 Å². The van der Waals surface area contributed by atoms with Gasteiger partial charge in [-0.2, -0.15) is 0 Å². The van der Waals surface area contributed by atoms with Crippen molar-refractivity contribution in [2.24, 2.45) is 0 Å². The minimum atomic E-state index is -0.681. The maximum atomic E-state index is 12.5. The second-order valence-corrected chi connectivity index (χ2v) is 7.82. The zero-order valence-corrected chi connectivity index (χ0v) is 17.3. The summed E-state index contributed by atoms with van der Waals surface area (Å²) < 4.78 is 0. The third-order valence-corrected chi connectivity index (χ3v) is 5.50. The number of aryl methyl sites for hydroxylation is 1. The van der Waals surface area contributed by atoms with Crippen LogP contribution in [0.2, 0.25) is 5.02 Å². The van der Waals surface area contributed by atoms with E-state index in [9.17, 15) is 24.5 Å². The number of nitrogens with zero attached hydrogens (tertiary/aromatic N) is 2. The van der Waals surface area contributed by atoms with Gasteiger partial charge >= 0.3 is 0 Å². The van der Waals surface area contributed by atoms with E-state index in [0.717, 1.165) is 33.9 Å². The summed E-state index contributed by atoms with van der Waals surface area (Å²) in [6.07, 6.45) is 1.65. The lowest BCUT2D eigenvalue weighted by molar-refractivity contribution is -0.384. The van der Waals surface area contributed by atoms with Gasteiger partial charge in [-0.05, 0) is 42.5 Å². The lowest BCUT2D eigenvalue weighted by atomic mass is 10.1. The smallest absolute Gasteiger partial charge is 0.293 e. The molecular weight excluding hydrogens is 430 g/mol. The molecule has 0 radical (unpaired) electrons. The van der Waals surface area contributed by atoms with Crippen molar-refractivity contribution in [1.29, 1.82) is 0 Å². The Labute approximate surface area is 181 Å². The average molecular weight is 446 g/mol. The van der Waals surface area contributed by atoms with E-state index in [-0.39, 0.29) is 29.4 Å². The van der Waals surface area contributed by atoms with E-state index in [1.165, 1.54) is 12.1 Å². The summed E-state index contributed by atoms with van der Waals surface area (Å²) in [6.45, 7) is 1.94. The molecule has 154 valence electrons. The van der Waals surface area contributed by atoms with Crippen LogP contribution in [0.3, 0.4) is 0 Å². The molecule has 1 saturated heterocycles. The van der Waals surface area contributed by atoms with Gasteiger partial charge in [-0.15, -0.1) is 0 Å². The Bertz CT molecular complexity index is 1070. The number of imide groups is 1. The number of amides is 3. The fraction of sp³-hybridized carbons (Fsp3) is 0.150. The molecule has 10 heteroatoms. The standard InChI is InChI=1S/C20H16ClN3O5S/c1-12-2-4-13(5-3-12)10-17-19(26)23(20(27)30-17)9-8-22-18(25)14-6-7-15(21)16(11-14)24(28)29/h2-7,10-11H,8-9H2,1H3,(H,22,25). The highest BCUT2D eigenvalue weighted by Crippen LogP contribution is 2.32. The number of halogens is 1. The van der Waals surface area contributed by atoms with E-state index in [1.54, 1.807) is 6.08 Å². The van der Waals surface area contributed by atoms with Crippen LogP contribution >= 0.6 is 23.4 Å². The third-order valence-electron chi connectivity index (χ3n) is 4.27. The van der Waals surface area contributed by atoms with Crippen LogP contribution in [-0.4, -0.2) is 40.0 Å². The first-order chi connectivity index (χ1) is 14.3. The van der Waals surface area contributed by atoms with Gasteiger partial charge < -0.3 is 5.32 Å². The van der Waals surface area contributed by atoms with E-state index in [4.69, 9.17) is 11.6 Å². The summed E-state index contributed by atoms with van der Waals surface area (Å²) in [6, 6.07) is 11.2. The van der Waals surface area contributed by atoms with Gasteiger partial charge in [-0.3, -0.25) is 29.4 Å². The summed E-state index contributed by atoms with van der Waals surface area (Å²) in [7, 11) is 0. The molecule has 2 aromatic rings. The second-order valence-electron chi connectivity index (χ2n) is 6.42. The van der Waals surface area contributed by atoms with Gasteiger partial charge in [0, 0.05) is 24.7 Å². The van der Waals surface area contributed by atoms with E-state index >= 15 is 0 Å². The number of nitrogens with one attached hydrogen (secondary N) is 1. The van der Waals surface area contributed by atoms with Crippen molar-refractivity contribution in [2.45, 2.75) is 6.92 Å². The van der Waals surface area contributed by atoms with Crippen molar-refractivity contribution in [2.75, 3.05) is 13.1 Å². The fourth-order valence-electron chi connectivity index (χ4n) is 2.68. The van der Waals surface area contributed by atoms with Crippen LogP contribution in [0.5, 0.6) is 0 Å². The Hall–Kier alpha value is -3.17. The first-order valence-electron chi connectivity index (χ1n) is 8.80. The van der Waals surface area contributed by atoms with Crippen molar-refractivity contribution in [1.82, 2.24) is 10.2 Å². The number of hydrogen-bond donors (Lipinski definition) is 1. The van der Waals surface area contributed by atoms with Crippen LogP contribution in [0.1, 0.15) is 21.5 Å². The minimum Gasteiger partial charge on any atom is -0.350 e. The Morgan fingerprint density at radius 3 is 2.60 bits per heavy atom. The largest absolute Gasteiger partial charge is 0.350 e. The van der Waals surface area contributed by atoms with Crippen LogP contribution in [0.15, 0.2) is 47.4 Å². The summed E-state index contributed by atoms with van der Waals surface area (Å²) in [4.78, 5) is 48.5. The number of rotatable bonds is 6. The maximum Gasteiger partial charge on any atom is 0.293 e. The number of carbonyl (C=O) groups is 3. The fourth-order valence-corrected chi connectivity index (χ4v) is 3.74. The summed E-state index contributed by atoms with van der Waals surface area (Å²) >= 11 is 6.57. The molecule has 1 fully saturated rings. The Balaban J connectivity index is 1.61. The molecule has 1 heterocycles. The topological polar surface area (TPSA) is 110 Å². The summed E-state index contributed by atoms with van der Waals surface area (Å²) in [5.41, 5.74) is 1.57. The molecule has 0 aromatic heterocycles. The first kappa shape index (κ1) is 21.5. The first-order valence-corrected chi connectivity index (χ1v) is 10.00. The maximum absolute atomic E-state index is 12.5. The minimum absolute atomic E-state index is 0.00507. The quantitative estimate of drug-likeness (QED) is 0.408. The monoisotopic (exact) mass is 445 g/mol. The zero-order chi connectivity index (χ0) is 21.8. The number of hydrogen-bond acceptors (Lipinski definition) is 6. The van der Waals surface area contributed by atoms with E-state index in [2.05, 4.69) is 5.32 Å². The highest BCUT2D eigenvalue weighted by molar-refractivity contribution is 8.18. The second kappa shape index (κ2) is 9.10. The molecule has 0 unspecified atom stereocenters. The molecule has 1 aliphatic rings. The number of nitro benzene ring substituents is 1. The lowest BCUT2D eigenvalue weighted by Gasteiger charge is -2.13. The van der Waals surface area contributed by atoms with Gasteiger partial charge in [0.1, 0.15) is 5.02 Å². The molecule has 3 amide bonds. The zero-order valence-electron chi connectivity index (χ0n) is 15.8. The van der Waals surface area contributed by atoms with Crippen LogP contribution < -0.4 is 5.32 Å². The molecule has 0 spiro atoms. The van der Waals surface area contributed by atoms with Gasteiger partial charge in [0.15, 0.2) is 0 Å². The van der Waals surface area contributed by atoms with Crippen molar-refractivity contribution in [3.05, 3.63) is 79.2 Å². The predicted octanol–water partition coefficient (Wildman–Crippen LogP) is 4.02. The normalized spacial score (nSPS) is 15.0. The van der Waals surface area contributed by atoms with Crippen molar-refractivity contribution >= 4 is 52.2 Å². The van der Waals surface area contributed by atoms with Crippen molar-refractivity contribution in [3.63, 3.8) is 0 Å². The molecule has 30 heavy (non-hydrogen) atoms. The van der Waals surface area contributed by atoms with Crippen LogP contribution in [0.25, 0.3) is 6.08 Å². The average Bonchev–Trinajstić information content (AvgIpc) is 2.97. The number of benzene rings is 2. The summed E-state index contributed by atoms with van der Waals surface area (Å²) in [5.74, 6) is -1.00. The van der Waals surface area contributed by atoms with Crippen LogP contribution in [0.4, 0.5) is 10.5 Å². The molecule has 1 aliphatic heterocycles. The molecule has 0 aliphatic carbocycles. The van der Waals surface area contributed by atoms with Crippen LogP contribution in [0, 0.1) is 17.0 Å². The molecular formula is C20H16ClN3O5S. The van der Waals surface area contributed by atoms with Crippen molar-refractivity contribution < 1.29 is 19.3 Å². The van der Waals surface area contributed by atoms with Crippen molar-refractivity contribution in [3.8, 4) is 0 Å². The summed E-state index contributed by atoms with van der Waals surface area (Å²) in [5, 5.41) is 13.0. The molecule has 0 atom stereocenters. The van der Waals surface area contributed by atoms with Gasteiger partial charge in [0.25, 0.3) is 22.7 Å². The lowest BCUT2D eigenvalue weighted by Crippen LogP contribution is -2.37. The molecule has 1 N–H and O–H groups in total. The molecule has 2 aromatic carbocycles. The van der Waals surface area contributed by atoms with Gasteiger partial charge in [-0.25, -0.2) is 0 Å². The Morgan fingerprint density at radius 1 is 1.23 bits per heavy atom. The number of carbonyl (C=O) groups excluding carboxylic acids is 3. The Morgan fingerprint density at radius 2 is 1.93 bits per heavy atom. The number of thioether (sulfide) groups is 1. The Kier molecular flexibility index (Phi) is 6.53. The van der Waals surface area contributed by atoms with E-state index in [0.29, 0.717) is 4.91 Å². The predicted molar refractivity (Wildman–Crippen MR) is 114 cm³/mol. The van der Waals surface area contributed by atoms with Gasteiger partial charge in [0.2, 0.25) is 0 Å². The molecule has 8 nitrogen and oxygen atoms in total. The van der Waals surface area contributed by atoms with E-state index < -0.39 is 22.0 Å². The highest BCUT2D eigenvalue weighted by atomic mass is 35.5. The molecule has 0 bridgehead atoms. The molecule has 0 saturated carbocycles. The molecule has 3 rings (SSSR count).